The summed E-state index contributed by atoms with van der Waals surface area (Å²) in [5, 5.41) is 14.0. The number of aliphatic carboxylic acids is 1. The minimum absolute atomic E-state index is 0.181. The highest BCUT2D eigenvalue weighted by Gasteiger charge is 2.38. The van der Waals surface area contributed by atoms with Crippen LogP contribution >= 0.6 is 0 Å². The summed E-state index contributed by atoms with van der Waals surface area (Å²) in [5.74, 6) is -2.76. The minimum Gasteiger partial charge on any atom is -0.475 e. The normalized spacial score (nSPS) is 17.1. The van der Waals surface area contributed by atoms with Gasteiger partial charge in [0.25, 0.3) is 0 Å². The van der Waals surface area contributed by atoms with E-state index in [1.165, 1.54) is 11.1 Å². The predicted molar refractivity (Wildman–Crippen MR) is 94.6 cm³/mol. The van der Waals surface area contributed by atoms with E-state index in [0.29, 0.717) is 19.8 Å². The third kappa shape index (κ3) is 7.29. The number of hydrogen-bond acceptors (Lipinski definition) is 5. The lowest BCUT2D eigenvalue weighted by molar-refractivity contribution is -0.192. The molecule has 2 N–H and O–H groups in total. The van der Waals surface area contributed by atoms with Crippen LogP contribution in [0.3, 0.4) is 0 Å². The van der Waals surface area contributed by atoms with Gasteiger partial charge in [0.1, 0.15) is 0 Å². The number of H-pyrrole nitrogens is 1. The van der Waals surface area contributed by atoms with Crippen LogP contribution in [0.2, 0.25) is 0 Å². The summed E-state index contributed by atoms with van der Waals surface area (Å²) >= 11 is 0. The summed E-state index contributed by atoms with van der Waals surface area (Å²) in [6.07, 6.45) is -1.15. The van der Waals surface area contributed by atoms with Crippen molar-refractivity contribution in [3.8, 4) is 11.1 Å². The van der Waals surface area contributed by atoms with Crippen molar-refractivity contribution in [2.24, 2.45) is 0 Å². The Morgan fingerprint density at radius 2 is 2.11 bits per heavy atom. The molecule has 1 aromatic carbocycles. The van der Waals surface area contributed by atoms with Gasteiger partial charge in [0, 0.05) is 24.8 Å². The number of halogens is 3. The molecule has 1 aliphatic rings. The molecule has 1 atom stereocenters. The van der Waals surface area contributed by atoms with E-state index in [9.17, 15) is 13.2 Å². The molecule has 2 heterocycles. The monoisotopic (exact) mass is 401 g/mol. The van der Waals surface area contributed by atoms with Gasteiger partial charge in [-0.25, -0.2) is 4.79 Å². The van der Waals surface area contributed by atoms with Crippen LogP contribution in [-0.4, -0.2) is 71.9 Å². The van der Waals surface area contributed by atoms with Gasteiger partial charge < -0.3 is 14.6 Å². The van der Waals surface area contributed by atoms with Crippen molar-refractivity contribution in [3.63, 3.8) is 0 Å². The van der Waals surface area contributed by atoms with Gasteiger partial charge in [-0.2, -0.15) is 18.3 Å². The zero-order valence-electron chi connectivity index (χ0n) is 15.3. The summed E-state index contributed by atoms with van der Waals surface area (Å²) in [6, 6.07) is 8.55. The number of benzene rings is 1. The Kier molecular flexibility index (Phi) is 7.97. The van der Waals surface area contributed by atoms with Crippen molar-refractivity contribution in [2.75, 3.05) is 33.4 Å². The van der Waals surface area contributed by atoms with Crippen LogP contribution in [0.4, 0.5) is 13.2 Å². The second kappa shape index (κ2) is 10.2. The second-order valence-electron chi connectivity index (χ2n) is 6.25. The van der Waals surface area contributed by atoms with E-state index in [2.05, 4.69) is 46.4 Å². The van der Waals surface area contributed by atoms with E-state index in [0.717, 1.165) is 18.7 Å². The third-order valence-electron chi connectivity index (χ3n) is 3.85. The van der Waals surface area contributed by atoms with Gasteiger partial charge in [-0.1, -0.05) is 18.2 Å². The van der Waals surface area contributed by atoms with Gasteiger partial charge in [-0.15, -0.1) is 0 Å². The number of carbonyl (C=O) groups is 1. The van der Waals surface area contributed by atoms with E-state index in [1.807, 2.05) is 12.4 Å². The highest BCUT2D eigenvalue weighted by atomic mass is 19.4. The highest BCUT2D eigenvalue weighted by molar-refractivity contribution is 5.73. The van der Waals surface area contributed by atoms with Crippen molar-refractivity contribution in [2.45, 2.75) is 18.8 Å². The quantitative estimate of drug-likeness (QED) is 0.801. The molecule has 0 amide bonds. The first-order valence-electron chi connectivity index (χ1n) is 8.52. The first-order valence-corrected chi connectivity index (χ1v) is 8.52. The Bertz CT molecular complexity index is 732. The molecule has 0 spiro atoms. The molecule has 1 saturated heterocycles. The Morgan fingerprint density at radius 3 is 2.68 bits per heavy atom. The second-order valence-corrected chi connectivity index (χ2v) is 6.25. The molecule has 2 aromatic rings. The maximum Gasteiger partial charge on any atom is 0.490 e. The molecule has 154 valence electrons. The average molecular weight is 401 g/mol. The highest BCUT2D eigenvalue weighted by Crippen LogP contribution is 2.19. The predicted octanol–water partition coefficient (Wildman–Crippen LogP) is 2.56. The lowest BCUT2D eigenvalue weighted by Gasteiger charge is -2.27. The fourth-order valence-electron chi connectivity index (χ4n) is 2.62. The number of aromatic amines is 1. The number of rotatable bonds is 5. The smallest absolute Gasteiger partial charge is 0.475 e. The van der Waals surface area contributed by atoms with Gasteiger partial charge in [-0.3, -0.25) is 10.00 Å². The lowest BCUT2D eigenvalue weighted by atomic mass is 10.1. The molecule has 0 bridgehead atoms. The van der Waals surface area contributed by atoms with Gasteiger partial charge in [0.15, 0.2) is 0 Å². The molecular formula is C18H22F3N3O4. The summed E-state index contributed by atoms with van der Waals surface area (Å²) in [5.41, 5.74) is 3.59. The van der Waals surface area contributed by atoms with Crippen LogP contribution in [0.15, 0.2) is 36.7 Å². The number of carboxylic acid groups (broad SMARTS) is 1. The van der Waals surface area contributed by atoms with Crippen molar-refractivity contribution in [1.29, 1.82) is 0 Å². The first kappa shape index (κ1) is 21.9. The van der Waals surface area contributed by atoms with Crippen molar-refractivity contribution >= 4 is 5.97 Å². The van der Waals surface area contributed by atoms with Crippen LogP contribution in [0, 0.1) is 0 Å². The molecule has 7 nitrogen and oxygen atoms in total. The van der Waals surface area contributed by atoms with Gasteiger partial charge in [0.2, 0.25) is 0 Å². The number of carboxylic acids is 1. The average Bonchev–Trinajstić information content (AvgIpc) is 3.17. The molecule has 0 radical (unpaired) electrons. The van der Waals surface area contributed by atoms with Gasteiger partial charge in [0.05, 0.1) is 32.1 Å². The molecule has 1 aliphatic heterocycles. The number of aromatic nitrogens is 2. The largest absolute Gasteiger partial charge is 0.490 e. The van der Waals surface area contributed by atoms with Crippen LogP contribution < -0.4 is 0 Å². The fourth-order valence-corrected chi connectivity index (χ4v) is 2.62. The molecule has 3 rings (SSSR count). The van der Waals surface area contributed by atoms with Crippen LogP contribution in [-0.2, 0) is 20.8 Å². The van der Waals surface area contributed by atoms with Crippen molar-refractivity contribution < 1.29 is 32.5 Å². The van der Waals surface area contributed by atoms with Crippen molar-refractivity contribution in [3.05, 3.63) is 42.2 Å². The molecule has 0 aliphatic carbocycles. The van der Waals surface area contributed by atoms with Crippen LogP contribution in [0.5, 0.6) is 0 Å². The Morgan fingerprint density at radius 1 is 1.36 bits per heavy atom. The maximum absolute atomic E-state index is 10.6. The SMILES string of the molecule is CN(Cc1cccc(-c2cn[nH]c2)c1)CC1COCCO1.O=C(O)C(F)(F)F. The molecule has 10 heteroatoms. The standard InChI is InChI=1S/C16H21N3O2.C2HF3O2/c1-19(11-16-12-20-5-6-21-16)10-13-3-2-4-14(7-13)15-8-17-18-9-15;3-2(4,5)1(6)7/h2-4,7-9,16H,5-6,10-12H2,1H3,(H,17,18);(H,6,7). The number of nitrogens with zero attached hydrogens (tertiary/aromatic N) is 2. The summed E-state index contributed by atoms with van der Waals surface area (Å²) in [7, 11) is 2.11. The number of likely N-dealkylation sites (N-methyl/N-ethyl adjacent to an activating group) is 1. The Hall–Kier alpha value is -2.43. The van der Waals surface area contributed by atoms with Gasteiger partial charge in [-0.05, 0) is 24.2 Å². The van der Waals surface area contributed by atoms with E-state index in [1.54, 1.807) is 0 Å². The zero-order valence-corrected chi connectivity index (χ0v) is 15.3. The van der Waals surface area contributed by atoms with Crippen molar-refractivity contribution in [1.82, 2.24) is 15.1 Å². The van der Waals surface area contributed by atoms with Gasteiger partial charge >= 0.3 is 12.1 Å². The third-order valence-corrected chi connectivity index (χ3v) is 3.85. The summed E-state index contributed by atoms with van der Waals surface area (Å²) in [4.78, 5) is 11.2. The number of alkyl halides is 3. The van der Waals surface area contributed by atoms with Crippen LogP contribution in [0.1, 0.15) is 5.56 Å². The Balaban J connectivity index is 0.000000345. The summed E-state index contributed by atoms with van der Waals surface area (Å²) < 4.78 is 42.9. The molecular weight excluding hydrogens is 379 g/mol. The van der Waals surface area contributed by atoms with E-state index in [4.69, 9.17) is 19.4 Å². The van der Waals surface area contributed by atoms with E-state index < -0.39 is 12.1 Å². The first-order chi connectivity index (χ1) is 13.3. The number of nitrogens with one attached hydrogen (secondary N) is 1. The minimum atomic E-state index is -5.08. The fraction of sp³-hybridized carbons (Fsp3) is 0.444. The Labute approximate surface area is 160 Å². The molecule has 1 unspecified atom stereocenters. The van der Waals surface area contributed by atoms with E-state index >= 15 is 0 Å². The summed E-state index contributed by atoms with van der Waals surface area (Å²) in [6.45, 7) is 3.89. The zero-order chi connectivity index (χ0) is 20.6. The van der Waals surface area contributed by atoms with E-state index in [-0.39, 0.29) is 6.10 Å². The molecule has 1 aromatic heterocycles. The molecule has 0 saturated carbocycles. The molecule has 1 fully saturated rings. The van der Waals surface area contributed by atoms with Crippen LogP contribution in [0.25, 0.3) is 11.1 Å². The lowest BCUT2D eigenvalue weighted by Crippen LogP contribution is -2.38. The molecule has 28 heavy (non-hydrogen) atoms. The number of hydrogen-bond donors (Lipinski definition) is 2. The maximum atomic E-state index is 10.6. The number of ether oxygens (including phenoxy) is 2. The topological polar surface area (TPSA) is 87.7 Å².